The van der Waals surface area contributed by atoms with Gasteiger partial charge in [-0.25, -0.2) is 4.79 Å². The topological polar surface area (TPSA) is 449 Å². The fourth-order valence-corrected chi connectivity index (χ4v) is 7.79. The summed E-state index contributed by atoms with van der Waals surface area (Å²) in [6.45, 7) is 3.45. The Morgan fingerprint density at radius 2 is 0.692 bits per heavy atom. The summed E-state index contributed by atoms with van der Waals surface area (Å²) < 4.78 is 0. The predicted octanol–water partition coefficient (Wildman–Crippen LogP) is -2.08. The Labute approximate surface area is 453 Å². The largest absolute Gasteiger partial charge is 0.481 e. The van der Waals surface area contributed by atoms with Crippen LogP contribution in [0.3, 0.4) is 0 Å². The van der Waals surface area contributed by atoms with Crippen molar-refractivity contribution in [3.8, 4) is 0 Å². The number of nitrogens with two attached hydrogens (primary N) is 4. The van der Waals surface area contributed by atoms with Crippen molar-refractivity contribution < 1.29 is 68.1 Å². The van der Waals surface area contributed by atoms with Crippen molar-refractivity contribution in [2.45, 2.75) is 165 Å². The molecule has 432 valence electrons. The number of hydrogen-bond donors (Lipinski definition) is 15. The number of aliphatic carboxylic acids is 3. The van der Waals surface area contributed by atoms with Gasteiger partial charge >= 0.3 is 17.9 Å². The summed E-state index contributed by atoms with van der Waals surface area (Å²) in [5, 5.41) is 48.7. The molecule has 26 nitrogen and oxygen atoms in total. The van der Waals surface area contributed by atoms with Crippen molar-refractivity contribution in [1.29, 1.82) is 0 Å². The second kappa shape index (κ2) is 36.5. The summed E-state index contributed by atoms with van der Waals surface area (Å²) in [4.78, 5) is 145. The van der Waals surface area contributed by atoms with E-state index < -0.39 is 132 Å². The van der Waals surface area contributed by atoms with Crippen LogP contribution < -0.4 is 65.5 Å². The van der Waals surface area contributed by atoms with E-state index in [0.29, 0.717) is 62.7 Å². The first-order valence-electron chi connectivity index (χ1n) is 26.1. The van der Waals surface area contributed by atoms with Gasteiger partial charge in [0.15, 0.2) is 0 Å². The van der Waals surface area contributed by atoms with Gasteiger partial charge in [0.05, 0.1) is 6.04 Å². The highest BCUT2D eigenvalue weighted by molar-refractivity contribution is 5.98. The summed E-state index contributed by atoms with van der Waals surface area (Å²) in [6.07, 6.45) is 0.800. The number of rotatable bonds is 39. The van der Waals surface area contributed by atoms with Gasteiger partial charge in [0.2, 0.25) is 47.3 Å². The van der Waals surface area contributed by atoms with Crippen LogP contribution in [0.4, 0.5) is 0 Å². The quantitative estimate of drug-likeness (QED) is 0.0319. The molecule has 2 rings (SSSR count). The Morgan fingerprint density at radius 1 is 0.385 bits per heavy atom. The van der Waals surface area contributed by atoms with E-state index in [1.54, 1.807) is 60.7 Å². The molecule has 0 bridgehead atoms. The standard InChI is InChI=1S/C52H80N12O14/c1-31(57-47(72)36(19-9-12-26-53)60-46(71)35(56)22-24-42(65)66)44(69)59-37(20-10-13-27-54)49(74)64-41(30-34-17-7-4-8-18-34)50(75)61-38(23-25-43(67)68)48(73)58-32(2)45(70)63-40(29-33-15-5-3-6-16-33)51(76)62-39(52(77)78)21-11-14-28-55/h3-8,15-18,31-32,35-41H,9-14,19-30,53-56H2,1-2H3,(H,57,72)(H,58,73)(H,59,69)(H,60,71)(H,61,75)(H,62,76)(H,63,70)(H,64,74)(H,65,66)(H,67,68)(H,77,78)/t31-,32-,35-,36-,37-,38-,39-,40-,41-/m0/s1. The fraction of sp³-hybridized carbons (Fsp3) is 0.558. The van der Waals surface area contributed by atoms with Crippen LogP contribution in [-0.4, -0.2) is 154 Å². The molecule has 0 fully saturated rings. The third kappa shape index (κ3) is 26.0. The van der Waals surface area contributed by atoms with Gasteiger partial charge < -0.3 is 80.8 Å². The van der Waals surface area contributed by atoms with Crippen molar-refractivity contribution in [3.05, 3.63) is 71.8 Å². The van der Waals surface area contributed by atoms with E-state index in [4.69, 9.17) is 28.0 Å². The van der Waals surface area contributed by atoms with Gasteiger partial charge in [-0.2, -0.15) is 0 Å². The highest BCUT2D eigenvalue weighted by Crippen LogP contribution is 2.11. The van der Waals surface area contributed by atoms with Crippen molar-refractivity contribution in [1.82, 2.24) is 42.5 Å². The molecule has 9 atom stereocenters. The maximum Gasteiger partial charge on any atom is 0.326 e. The highest BCUT2D eigenvalue weighted by atomic mass is 16.4. The predicted molar refractivity (Wildman–Crippen MR) is 285 cm³/mol. The molecule has 0 saturated carbocycles. The van der Waals surface area contributed by atoms with E-state index >= 15 is 0 Å². The Hall–Kier alpha value is -7.55. The number of nitrogens with one attached hydrogen (secondary N) is 8. The molecule has 0 spiro atoms. The Balaban J connectivity index is 2.37. The van der Waals surface area contributed by atoms with Gasteiger partial charge in [0.1, 0.15) is 48.3 Å². The average molecular weight is 1100 g/mol. The molecule has 26 heteroatoms. The van der Waals surface area contributed by atoms with E-state index in [9.17, 15) is 63.0 Å². The van der Waals surface area contributed by atoms with Crippen LogP contribution in [-0.2, 0) is 65.6 Å². The number of carboxylic acids is 3. The lowest BCUT2D eigenvalue weighted by Crippen LogP contribution is -2.60. The van der Waals surface area contributed by atoms with Gasteiger partial charge in [-0.15, -0.1) is 0 Å². The number of carbonyl (C=O) groups excluding carboxylic acids is 8. The summed E-state index contributed by atoms with van der Waals surface area (Å²) in [7, 11) is 0. The van der Waals surface area contributed by atoms with Crippen LogP contribution in [0.1, 0.15) is 108 Å². The molecule has 0 aliphatic carbocycles. The zero-order valence-electron chi connectivity index (χ0n) is 44.3. The normalized spacial score (nSPS) is 14.4. The summed E-state index contributed by atoms with van der Waals surface area (Å²) >= 11 is 0. The van der Waals surface area contributed by atoms with E-state index in [2.05, 4.69) is 42.5 Å². The van der Waals surface area contributed by atoms with Crippen LogP contribution in [0.25, 0.3) is 0 Å². The summed E-state index contributed by atoms with van der Waals surface area (Å²) in [5.74, 6) is -10.7. The number of hydrogen-bond acceptors (Lipinski definition) is 15. The minimum atomic E-state index is -1.61. The minimum absolute atomic E-state index is 0.00745. The average Bonchev–Trinajstić information content (AvgIpc) is 3.40. The number of carboxylic acid groups (broad SMARTS) is 3. The maximum absolute atomic E-state index is 14.3. The molecule has 0 aromatic heterocycles. The fourth-order valence-electron chi connectivity index (χ4n) is 7.79. The summed E-state index contributed by atoms with van der Waals surface area (Å²) in [5.41, 5.74) is 23.9. The second-order valence-electron chi connectivity index (χ2n) is 18.9. The van der Waals surface area contributed by atoms with Crippen LogP contribution in [0.15, 0.2) is 60.7 Å². The van der Waals surface area contributed by atoms with Crippen LogP contribution in [0, 0.1) is 0 Å². The zero-order valence-corrected chi connectivity index (χ0v) is 44.3. The van der Waals surface area contributed by atoms with E-state index in [1.165, 1.54) is 13.8 Å². The SMILES string of the molecule is C[C@H](NC(=O)[C@H](CCC(=O)O)NC(=O)[C@H](Cc1ccccc1)NC(=O)[C@H](CCCCN)NC(=O)[C@H](C)NC(=O)[C@H](CCCCN)NC(=O)[C@@H](N)CCC(=O)O)C(=O)N[C@@H](Cc1ccccc1)C(=O)N[C@@H](CCCCN)C(=O)O. The lowest BCUT2D eigenvalue weighted by atomic mass is 10.0. The first kappa shape index (κ1) is 66.6. The minimum Gasteiger partial charge on any atom is -0.481 e. The smallest absolute Gasteiger partial charge is 0.326 e. The van der Waals surface area contributed by atoms with E-state index in [1.807, 2.05) is 0 Å². The Morgan fingerprint density at radius 3 is 1.09 bits per heavy atom. The second-order valence-corrected chi connectivity index (χ2v) is 18.9. The lowest BCUT2D eigenvalue weighted by molar-refractivity contribution is -0.142. The van der Waals surface area contributed by atoms with Gasteiger partial charge in [0.25, 0.3) is 0 Å². The highest BCUT2D eigenvalue weighted by Gasteiger charge is 2.34. The molecule has 0 heterocycles. The number of amides is 8. The molecule has 0 radical (unpaired) electrons. The monoisotopic (exact) mass is 1100 g/mol. The number of unbranched alkanes of at least 4 members (excludes halogenated alkanes) is 3. The van der Waals surface area contributed by atoms with Gasteiger partial charge in [-0.1, -0.05) is 60.7 Å². The third-order valence-corrected chi connectivity index (χ3v) is 12.3. The van der Waals surface area contributed by atoms with Crippen molar-refractivity contribution in [3.63, 3.8) is 0 Å². The third-order valence-electron chi connectivity index (χ3n) is 12.3. The van der Waals surface area contributed by atoms with Gasteiger partial charge in [-0.3, -0.25) is 47.9 Å². The van der Waals surface area contributed by atoms with Crippen molar-refractivity contribution in [2.75, 3.05) is 19.6 Å². The molecule has 0 aliphatic heterocycles. The molecule has 0 unspecified atom stereocenters. The number of carbonyl (C=O) groups is 11. The molecule has 0 saturated heterocycles. The molecule has 78 heavy (non-hydrogen) atoms. The molecule has 2 aromatic rings. The molecule has 0 aliphatic rings. The Bertz CT molecular complexity index is 2280. The van der Waals surface area contributed by atoms with E-state index in [-0.39, 0.29) is 51.5 Å². The van der Waals surface area contributed by atoms with E-state index in [0.717, 1.165) is 0 Å². The lowest BCUT2D eigenvalue weighted by Gasteiger charge is -2.27. The van der Waals surface area contributed by atoms with Gasteiger partial charge in [0, 0.05) is 25.7 Å². The maximum atomic E-state index is 14.3. The first-order valence-corrected chi connectivity index (χ1v) is 26.1. The number of benzene rings is 2. The van der Waals surface area contributed by atoms with Crippen molar-refractivity contribution in [2.24, 2.45) is 22.9 Å². The van der Waals surface area contributed by atoms with Crippen LogP contribution >= 0.6 is 0 Å². The van der Waals surface area contributed by atoms with Crippen LogP contribution in [0.5, 0.6) is 0 Å². The van der Waals surface area contributed by atoms with Crippen LogP contribution in [0.2, 0.25) is 0 Å². The molecular formula is C52H80N12O14. The molecular weight excluding hydrogens is 1020 g/mol. The summed E-state index contributed by atoms with van der Waals surface area (Å²) in [6, 6.07) is 4.78. The molecule has 8 amide bonds. The zero-order chi connectivity index (χ0) is 58.2. The van der Waals surface area contributed by atoms with Crippen molar-refractivity contribution >= 4 is 65.2 Å². The van der Waals surface area contributed by atoms with Gasteiger partial charge in [-0.05, 0) is 115 Å². The first-order chi connectivity index (χ1) is 37.1. The molecule has 19 N–H and O–H groups in total. The Kier molecular flexibility index (Phi) is 31.1. The molecule has 2 aromatic carbocycles.